The van der Waals surface area contributed by atoms with Crippen molar-refractivity contribution in [1.29, 1.82) is 0 Å². The van der Waals surface area contributed by atoms with E-state index in [1.54, 1.807) is 0 Å². The van der Waals surface area contributed by atoms with Crippen LogP contribution in [-0.4, -0.2) is 10.1 Å². The van der Waals surface area contributed by atoms with E-state index in [1.165, 1.54) is 0 Å². The van der Waals surface area contributed by atoms with E-state index in [9.17, 15) is 0 Å². The Balaban J connectivity index is 2.40. The van der Waals surface area contributed by atoms with Crippen LogP contribution in [0.4, 0.5) is 0 Å². The van der Waals surface area contributed by atoms with E-state index in [0.717, 1.165) is 5.56 Å². The van der Waals surface area contributed by atoms with Gasteiger partial charge in [0.1, 0.15) is 0 Å². The van der Waals surface area contributed by atoms with Crippen molar-refractivity contribution in [2.24, 2.45) is 5.73 Å². The molecular formula is C14H19N3O. The lowest BCUT2D eigenvalue weighted by Gasteiger charge is -2.20. The Morgan fingerprint density at radius 2 is 1.67 bits per heavy atom. The summed E-state index contributed by atoms with van der Waals surface area (Å²) in [6, 6.07) is 10.1. The first-order valence-corrected chi connectivity index (χ1v) is 6.01. The second-order valence-corrected chi connectivity index (χ2v) is 5.64. The smallest absolute Gasteiger partial charge is 0.246 e. The predicted octanol–water partition coefficient (Wildman–Crippen LogP) is 2.59. The summed E-state index contributed by atoms with van der Waals surface area (Å²) in [6.07, 6.45) is 0. The van der Waals surface area contributed by atoms with Gasteiger partial charge in [-0.15, -0.1) is 0 Å². The lowest BCUT2D eigenvalue weighted by molar-refractivity contribution is 0.307. The van der Waals surface area contributed by atoms with Gasteiger partial charge in [-0.1, -0.05) is 35.5 Å². The average molecular weight is 245 g/mol. The molecule has 2 aromatic rings. The standard InChI is InChI=1S/C14H19N3O/c1-13(2,10-8-6-5-7-9-10)11-16-12(18-17-11)14(3,4)15/h5-9H,15H2,1-4H3. The highest BCUT2D eigenvalue weighted by molar-refractivity contribution is 5.30. The third-order valence-electron chi connectivity index (χ3n) is 3.03. The molecule has 1 heterocycles. The van der Waals surface area contributed by atoms with E-state index in [1.807, 2.05) is 32.0 Å². The third kappa shape index (κ3) is 2.29. The Bertz CT molecular complexity index is 523. The van der Waals surface area contributed by atoms with Crippen LogP contribution < -0.4 is 5.73 Å². The van der Waals surface area contributed by atoms with Crippen LogP contribution >= 0.6 is 0 Å². The van der Waals surface area contributed by atoms with E-state index < -0.39 is 5.54 Å². The number of hydrogen-bond acceptors (Lipinski definition) is 4. The molecule has 1 aromatic heterocycles. The van der Waals surface area contributed by atoms with Gasteiger partial charge in [-0.2, -0.15) is 4.98 Å². The van der Waals surface area contributed by atoms with E-state index in [0.29, 0.717) is 11.7 Å². The second-order valence-electron chi connectivity index (χ2n) is 5.64. The maximum Gasteiger partial charge on any atom is 0.246 e. The highest BCUT2D eigenvalue weighted by atomic mass is 16.5. The second kappa shape index (κ2) is 4.21. The van der Waals surface area contributed by atoms with Gasteiger partial charge >= 0.3 is 0 Å². The summed E-state index contributed by atoms with van der Waals surface area (Å²) in [5.41, 5.74) is 6.19. The van der Waals surface area contributed by atoms with Gasteiger partial charge in [0.05, 0.1) is 11.0 Å². The van der Waals surface area contributed by atoms with Crippen molar-refractivity contribution in [2.45, 2.75) is 38.6 Å². The Hall–Kier alpha value is -1.68. The van der Waals surface area contributed by atoms with Gasteiger partial charge in [0.25, 0.3) is 0 Å². The molecule has 96 valence electrons. The number of aromatic nitrogens is 2. The van der Waals surface area contributed by atoms with Crippen LogP contribution in [0.3, 0.4) is 0 Å². The summed E-state index contributed by atoms with van der Waals surface area (Å²) < 4.78 is 5.25. The molecule has 1 aromatic carbocycles. The largest absolute Gasteiger partial charge is 0.337 e. The maximum atomic E-state index is 5.96. The zero-order valence-electron chi connectivity index (χ0n) is 11.3. The molecule has 18 heavy (non-hydrogen) atoms. The molecule has 0 saturated carbocycles. The molecule has 0 aliphatic carbocycles. The van der Waals surface area contributed by atoms with Crippen molar-refractivity contribution < 1.29 is 4.52 Å². The van der Waals surface area contributed by atoms with Crippen molar-refractivity contribution in [3.63, 3.8) is 0 Å². The fourth-order valence-corrected chi connectivity index (χ4v) is 1.72. The van der Waals surface area contributed by atoms with Gasteiger partial charge in [0.2, 0.25) is 5.89 Å². The Morgan fingerprint density at radius 1 is 1.06 bits per heavy atom. The highest BCUT2D eigenvalue weighted by Crippen LogP contribution is 2.30. The van der Waals surface area contributed by atoms with E-state index >= 15 is 0 Å². The van der Waals surface area contributed by atoms with Crippen LogP contribution in [0.25, 0.3) is 0 Å². The molecule has 0 atom stereocenters. The van der Waals surface area contributed by atoms with Gasteiger partial charge in [0.15, 0.2) is 5.82 Å². The minimum absolute atomic E-state index is 0.297. The summed E-state index contributed by atoms with van der Waals surface area (Å²) in [4.78, 5) is 4.43. The van der Waals surface area contributed by atoms with Crippen LogP contribution in [-0.2, 0) is 11.0 Å². The third-order valence-corrected chi connectivity index (χ3v) is 3.03. The summed E-state index contributed by atoms with van der Waals surface area (Å²) in [6.45, 7) is 7.83. The molecule has 4 nitrogen and oxygen atoms in total. The van der Waals surface area contributed by atoms with E-state index in [2.05, 4.69) is 36.1 Å². The van der Waals surface area contributed by atoms with E-state index in [4.69, 9.17) is 10.3 Å². The molecule has 2 N–H and O–H groups in total. The molecular weight excluding hydrogens is 226 g/mol. The topological polar surface area (TPSA) is 64.9 Å². The van der Waals surface area contributed by atoms with Crippen molar-refractivity contribution in [2.75, 3.05) is 0 Å². The molecule has 0 bridgehead atoms. The quantitative estimate of drug-likeness (QED) is 0.902. The van der Waals surface area contributed by atoms with Gasteiger partial charge < -0.3 is 10.3 Å². The van der Waals surface area contributed by atoms with Crippen molar-refractivity contribution in [3.05, 3.63) is 47.6 Å². The molecule has 0 saturated heterocycles. The minimum atomic E-state index is -0.613. The van der Waals surface area contributed by atoms with Crippen LogP contribution in [0.15, 0.2) is 34.9 Å². The van der Waals surface area contributed by atoms with Gasteiger partial charge in [-0.05, 0) is 33.3 Å². The fourth-order valence-electron chi connectivity index (χ4n) is 1.72. The summed E-state index contributed by atoms with van der Waals surface area (Å²) in [5.74, 6) is 1.11. The van der Waals surface area contributed by atoms with Crippen LogP contribution in [0.2, 0.25) is 0 Å². The zero-order valence-corrected chi connectivity index (χ0v) is 11.3. The molecule has 0 aliphatic heterocycles. The molecule has 0 radical (unpaired) electrons. The molecule has 0 aliphatic rings. The normalized spacial score (nSPS) is 12.7. The van der Waals surface area contributed by atoms with Crippen molar-refractivity contribution >= 4 is 0 Å². The number of rotatable bonds is 3. The summed E-state index contributed by atoms with van der Waals surface area (Å²) >= 11 is 0. The first-order chi connectivity index (χ1) is 8.32. The number of benzene rings is 1. The van der Waals surface area contributed by atoms with Crippen LogP contribution in [0.1, 0.15) is 45.0 Å². The van der Waals surface area contributed by atoms with E-state index in [-0.39, 0.29) is 5.41 Å². The number of nitrogens with zero attached hydrogens (tertiary/aromatic N) is 2. The molecule has 4 heteroatoms. The predicted molar refractivity (Wildman–Crippen MR) is 70.1 cm³/mol. The van der Waals surface area contributed by atoms with Crippen molar-refractivity contribution in [1.82, 2.24) is 10.1 Å². The molecule has 0 amide bonds. The van der Waals surface area contributed by atoms with Gasteiger partial charge in [-0.25, -0.2) is 0 Å². The summed E-state index contributed by atoms with van der Waals surface area (Å²) in [7, 11) is 0. The molecule has 0 spiro atoms. The van der Waals surface area contributed by atoms with Crippen molar-refractivity contribution in [3.8, 4) is 0 Å². The Labute approximate surface area is 107 Å². The summed E-state index contributed by atoms with van der Waals surface area (Å²) in [5, 5.41) is 4.06. The van der Waals surface area contributed by atoms with Crippen LogP contribution in [0.5, 0.6) is 0 Å². The Kier molecular flexibility index (Phi) is 2.99. The number of hydrogen-bond donors (Lipinski definition) is 1. The van der Waals surface area contributed by atoms with Gasteiger partial charge in [-0.3, -0.25) is 0 Å². The SMILES string of the molecule is CC(C)(N)c1nc(C(C)(C)c2ccccc2)no1. The monoisotopic (exact) mass is 245 g/mol. The minimum Gasteiger partial charge on any atom is -0.337 e. The first kappa shape index (κ1) is 12.8. The molecule has 0 fully saturated rings. The average Bonchev–Trinajstić information content (AvgIpc) is 2.79. The number of nitrogens with two attached hydrogens (primary N) is 1. The molecule has 2 rings (SSSR count). The lowest BCUT2D eigenvalue weighted by atomic mass is 9.84. The van der Waals surface area contributed by atoms with Gasteiger partial charge in [0, 0.05) is 0 Å². The first-order valence-electron chi connectivity index (χ1n) is 6.01. The zero-order chi connectivity index (χ0) is 13.4. The highest BCUT2D eigenvalue weighted by Gasteiger charge is 2.31. The lowest BCUT2D eigenvalue weighted by Crippen LogP contribution is -2.29. The molecule has 0 unspecified atom stereocenters. The maximum absolute atomic E-state index is 5.96. The fraction of sp³-hybridized carbons (Fsp3) is 0.429. The van der Waals surface area contributed by atoms with Crippen LogP contribution in [0, 0.1) is 0 Å². The Morgan fingerprint density at radius 3 is 2.17 bits per heavy atom.